The van der Waals surface area contributed by atoms with Gasteiger partial charge in [0, 0.05) is 12.2 Å². The molecule has 2 aromatic carbocycles. The summed E-state index contributed by atoms with van der Waals surface area (Å²) >= 11 is 6.17. The number of hydrogen-bond acceptors (Lipinski definition) is 3. The van der Waals surface area contributed by atoms with Crippen molar-refractivity contribution in [2.75, 3.05) is 11.4 Å². The van der Waals surface area contributed by atoms with Gasteiger partial charge in [0.15, 0.2) is 5.84 Å². The zero-order valence-electron chi connectivity index (χ0n) is 11.1. The van der Waals surface area contributed by atoms with Gasteiger partial charge >= 0.3 is 0 Å². The summed E-state index contributed by atoms with van der Waals surface area (Å²) in [4.78, 5) is 1.93. The molecule has 3 N–H and O–H groups in total. The second-order valence-electron chi connectivity index (χ2n) is 4.79. The first-order valence-corrected chi connectivity index (χ1v) is 6.82. The summed E-state index contributed by atoms with van der Waals surface area (Å²) in [5.41, 5.74) is 8.71. The molecule has 0 radical (unpaired) electrons. The molecule has 0 saturated heterocycles. The monoisotopic (exact) mass is 305 g/mol. The summed E-state index contributed by atoms with van der Waals surface area (Å²) < 4.78 is 13.5. The molecule has 0 bridgehead atoms. The van der Waals surface area contributed by atoms with Gasteiger partial charge in [-0.15, -0.1) is 0 Å². The zero-order chi connectivity index (χ0) is 15.0. The van der Waals surface area contributed by atoms with Crippen molar-refractivity contribution >= 4 is 28.8 Å². The summed E-state index contributed by atoms with van der Waals surface area (Å²) in [6.07, 6.45) is 0.803. The molecule has 0 saturated carbocycles. The summed E-state index contributed by atoms with van der Waals surface area (Å²) in [6, 6.07) is 9.98. The van der Waals surface area contributed by atoms with E-state index >= 15 is 0 Å². The highest BCUT2D eigenvalue weighted by molar-refractivity contribution is 6.35. The number of benzene rings is 2. The van der Waals surface area contributed by atoms with E-state index in [2.05, 4.69) is 5.16 Å². The van der Waals surface area contributed by atoms with Crippen LogP contribution in [0.25, 0.3) is 0 Å². The third kappa shape index (κ3) is 2.29. The molecule has 0 atom stereocenters. The van der Waals surface area contributed by atoms with Gasteiger partial charge in [-0.1, -0.05) is 28.9 Å². The molecule has 3 rings (SSSR count). The molecule has 21 heavy (non-hydrogen) atoms. The molecule has 0 unspecified atom stereocenters. The highest BCUT2D eigenvalue weighted by Crippen LogP contribution is 2.38. The molecule has 2 aromatic rings. The first-order valence-electron chi connectivity index (χ1n) is 6.44. The van der Waals surface area contributed by atoms with E-state index in [1.807, 2.05) is 11.0 Å². The van der Waals surface area contributed by atoms with Gasteiger partial charge in [0.05, 0.1) is 16.3 Å². The van der Waals surface area contributed by atoms with E-state index in [1.165, 1.54) is 12.1 Å². The standard InChI is InChI=1S/C15H13ClFN3O/c16-11-2-1-3-12(14(11)15(18)19-21)20-7-6-9-4-5-10(17)8-13(9)20/h1-5,8,21H,6-7H2,(H2,18,19). The van der Waals surface area contributed by atoms with Crippen LogP contribution in [0.3, 0.4) is 0 Å². The second kappa shape index (κ2) is 5.26. The van der Waals surface area contributed by atoms with Crippen molar-refractivity contribution in [2.45, 2.75) is 6.42 Å². The molecule has 0 aromatic heterocycles. The van der Waals surface area contributed by atoms with Crippen molar-refractivity contribution in [2.24, 2.45) is 10.9 Å². The van der Waals surface area contributed by atoms with Crippen LogP contribution in [0, 0.1) is 5.82 Å². The van der Waals surface area contributed by atoms with Crippen molar-refractivity contribution < 1.29 is 9.60 Å². The van der Waals surface area contributed by atoms with Gasteiger partial charge in [-0.2, -0.15) is 0 Å². The van der Waals surface area contributed by atoms with Crippen LogP contribution in [0.2, 0.25) is 5.02 Å². The first kappa shape index (κ1) is 13.7. The molecule has 0 amide bonds. The largest absolute Gasteiger partial charge is 0.409 e. The molecule has 0 aliphatic carbocycles. The van der Waals surface area contributed by atoms with E-state index < -0.39 is 0 Å². The highest BCUT2D eigenvalue weighted by atomic mass is 35.5. The average molecular weight is 306 g/mol. The van der Waals surface area contributed by atoms with Crippen LogP contribution in [0.4, 0.5) is 15.8 Å². The Morgan fingerprint density at radius 2 is 2.10 bits per heavy atom. The smallest absolute Gasteiger partial charge is 0.173 e. The van der Waals surface area contributed by atoms with Crippen LogP contribution < -0.4 is 10.6 Å². The van der Waals surface area contributed by atoms with Gasteiger partial charge in [-0.05, 0) is 36.2 Å². The number of nitrogens with two attached hydrogens (primary N) is 1. The minimum atomic E-state index is -0.298. The van der Waals surface area contributed by atoms with E-state index in [0.29, 0.717) is 22.8 Å². The van der Waals surface area contributed by atoms with E-state index in [1.54, 1.807) is 18.2 Å². The Balaban J connectivity index is 2.16. The molecular formula is C15H13ClFN3O. The fourth-order valence-corrected chi connectivity index (χ4v) is 2.91. The maximum atomic E-state index is 13.5. The van der Waals surface area contributed by atoms with Gasteiger partial charge < -0.3 is 15.8 Å². The average Bonchev–Trinajstić information content (AvgIpc) is 2.89. The number of oxime groups is 1. The Morgan fingerprint density at radius 1 is 1.29 bits per heavy atom. The zero-order valence-corrected chi connectivity index (χ0v) is 11.8. The van der Waals surface area contributed by atoms with E-state index in [-0.39, 0.29) is 11.7 Å². The van der Waals surface area contributed by atoms with Gasteiger partial charge in [0.25, 0.3) is 0 Å². The fraction of sp³-hybridized carbons (Fsp3) is 0.133. The van der Waals surface area contributed by atoms with Crippen LogP contribution in [0.1, 0.15) is 11.1 Å². The topological polar surface area (TPSA) is 61.9 Å². The molecular weight excluding hydrogens is 293 g/mol. The van der Waals surface area contributed by atoms with Crippen molar-refractivity contribution in [1.29, 1.82) is 0 Å². The summed E-state index contributed by atoms with van der Waals surface area (Å²) in [7, 11) is 0. The number of nitrogens with zero attached hydrogens (tertiary/aromatic N) is 2. The van der Waals surface area contributed by atoms with E-state index in [0.717, 1.165) is 17.7 Å². The minimum Gasteiger partial charge on any atom is -0.409 e. The maximum absolute atomic E-state index is 13.5. The number of fused-ring (bicyclic) bond motifs is 1. The molecule has 0 fully saturated rings. The van der Waals surface area contributed by atoms with Crippen molar-refractivity contribution in [3.8, 4) is 0 Å². The highest BCUT2D eigenvalue weighted by Gasteiger charge is 2.25. The van der Waals surface area contributed by atoms with Crippen molar-refractivity contribution in [3.63, 3.8) is 0 Å². The van der Waals surface area contributed by atoms with E-state index in [4.69, 9.17) is 22.5 Å². The molecule has 1 aliphatic rings. The lowest BCUT2D eigenvalue weighted by molar-refractivity contribution is 0.318. The number of anilines is 2. The summed E-state index contributed by atoms with van der Waals surface area (Å²) in [5, 5.41) is 12.4. The summed E-state index contributed by atoms with van der Waals surface area (Å²) in [6.45, 7) is 0.685. The van der Waals surface area contributed by atoms with Crippen molar-refractivity contribution in [1.82, 2.24) is 0 Å². The lowest BCUT2D eigenvalue weighted by atomic mass is 10.1. The molecule has 1 aliphatic heterocycles. The first-order chi connectivity index (χ1) is 10.1. The predicted octanol–water partition coefficient (Wildman–Crippen LogP) is 3.27. The Hall–Kier alpha value is -2.27. The number of hydrogen-bond donors (Lipinski definition) is 2. The number of rotatable bonds is 2. The minimum absolute atomic E-state index is 0.0690. The third-order valence-corrected chi connectivity index (χ3v) is 3.90. The predicted molar refractivity (Wildman–Crippen MR) is 81.1 cm³/mol. The SMILES string of the molecule is N/C(=N/O)c1c(Cl)cccc1N1CCc2ccc(F)cc21. The normalized spacial score (nSPS) is 14.4. The number of amidine groups is 1. The summed E-state index contributed by atoms with van der Waals surface area (Å²) in [5.74, 6) is -0.367. The van der Waals surface area contributed by atoms with Crippen LogP contribution in [0.5, 0.6) is 0 Å². The Bertz CT molecular complexity index is 733. The van der Waals surface area contributed by atoms with Crippen LogP contribution in [-0.4, -0.2) is 17.6 Å². The van der Waals surface area contributed by atoms with Gasteiger partial charge in [-0.3, -0.25) is 0 Å². The maximum Gasteiger partial charge on any atom is 0.173 e. The van der Waals surface area contributed by atoms with Crippen molar-refractivity contribution in [3.05, 3.63) is 58.4 Å². The van der Waals surface area contributed by atoms with E-state index in [9.17, 15) is 4.39 Å². The van der Waals surface area contributed by atoms with Gasteiger partial charge in [0.1, 0.15) is 5.82 Å². The molecule has 4 nitrogen and oxygen atoms in total. The van der Waals surface area contributed by atoms with Crippen LogP contribution >= 0.6 is 11.6 Å². The fourth-order valence-electron chi connectivity index (χ4n) is 2.64. The quantitative estimate of drug-likeness (QED) is 0.387. The van der Waals surface area contributed by atoms with Gasteiger partial charge in [0.2, 0.25) is 0 Å². The Morgan fingerprint density at radius 3 is 2.86 bits per heavy atom. The molecule has 6 heteroatoms. The lowest BCUT2D eigenvalue weighted by Crippen LogP contribution is -2.21. The second-order valence-corrected chi connectivity index (χ2v) is 5.20. The van der Waals surface area contributed by atoms with Gasteiger partial charge in [-0.25, -0.2) is 4.39 Å². The molecule has 108 valence electrons. The van der Waals surface area contributed by atoms with Crippen LogP contribution in [0.15, 0.2) is 41.6 Å². The lowest BCUT2D eigenvalue weighted by Gasteiger charge is -2.23. The van der Waals surface area contributed by atoms with Crippen LogP contribution in [-0.2, 0) is 6.42 Å². The Labute approximate surface area is 126 Å². The molecule has 1 heterocycles. The Kier molecular flexibility index (Phi) is 3.43. The molecule has 0 spiro atoms. The number of halogens is 2. The third-order valence-electron chi connectivity index (χ3n) is 3.59.